The first-order chi connectivity index (χ1) is 13.0. The Morgan fingerprint density at radius 3 is 1.44 bits per heavy atom. The molecule has 5 heteroatoms. The minimum absolute atomic E-state index is 0.819. The molecule has 0 unspecified atom stereocenters. The van der Waals surface area contributed by atoms with Gasteiger partial charge < -0.3 is 10.2 Å². The largest absolute Gasteiger partial charge is 0.330 e. The molecule has 2 N–H and O–H groups in total. The minimum atomic E-state index is -3.06. The number of hydrogen-bond acceptors (Lipinski definition) is 1. The average molecular weight is 375 g/mol. The molecule has 0 saturated carbocycles. The van der Waals surface area contributed by atoms with Gasteiger partial charge in [0.1, 0.15) is 0 Å². The number of nitrogens with one attached hydrogen (secondary N) is 2. The van der Waals surface area contributed by atoms with E-state index in [9.17, 15) is 4.57 Å². The van der Waals surface area contributed by atoms with E-state index in [-0.39, 0.29) is 0 Å². The Morgan fingerprint density at radius 2 is 1.04 bits per heavy atom. The van der Waals surface area contributed by atoms with Crippen LogP contribution in [0.2, 0.25) is 0 Å². The lowest BCUT2D eigenvalue weighted by molar-refractivity contribution is 0.524. The van der Waals surface area contributed by atoms with Gasteiger partial charge in [0.15, 0.2) is 0 Å². The number of rotatable bonds is 5. The van der Waals surface area contributed by atoms with Crippen molar-refractivity contribution in [1.29, 1.82) is 0 Å². The lowest BCUT2D eigenvalue weighted by atomic mass is 10.1. The molecule has 27 heavy (non-hydrogen) atoms. The molecule has 0 bridgehead atoms. The maximum Gasteiger partial charge on any atom is 0.330 e. The molecule has 0 fully saturated rings. The first kappa shape index (κ1) is 17.6. The van der Waals surface area contributed by atoms with Crippen LogP contribution in [0.15, 0.2) is 84.9 Å². The third kappa shape index (κ3) is 3.68. The predicted octanol–water partition coefficient (Wildman–Crippen LogP) is 6.19. The highest BCUT2D eigenvalue weighted by Gasteiger charge is 2.25. The molecular formula is C22H22N3OP. The number of fused-ring (bicyclic) bond motifs is 2. The Hall–Kier alpha value is -2.81. The van der Waals surface area contributed by atoms with Gasteiger partial charge in [-0.05, 0) is 59.9 Å². The lowest BCUT2D eigenvalue weighted by Gasteiger charge is -2.28. The first-order valence-corrected chi connectivity index (χ1v) is 10.5. The maximum absolute atomic E-state index is 13.6. The highest BCUT2D eigenvalue weighted by Crippen LogP contribution is 2.47. The van der Waals surface area contributed by atoms with Gasteiger partial charge in [0.05, 0.1) is 0 Å². The molecule has 0 heterocycles. The summed E-state index contributed by atoms with van der Waals surface area (Å²) in [6.07, 6.45) is 0. The Bertz CT molecular complexity index is 1070. The number of hydrogen-bond donors (Lipinski definition) is 2. The monoisotopic (exact) mass is 375 g/mol. The Balaban J connectivity index is 1.65. The van der Waals surface area contributed by atoms with Crippen molar-refractivity contribution in [1.82, 2.24) is 4.67 Å². The van der Waals surface area contributed by atoms with Crippen LogP contribution in [0.5, 0.6) is 0 Å². The van der Waals surface area contributed by atoms with E-state index < -0.39 is 7.59 Å². The van der Waals surface area contributed by atoms with Crippen LogP contribution >= 0.6 is 7.59 Å². The van der Waals surface area contributed by atoms with E-state index in [1.54, 1.807) is 4.67 Å². The summed E-state index contributed by atoms with van der Waals surface area (Å²) in [5, 5.41) is 11.0. The molecule has 0 saturated heterocycles. The third-order valence-electron chi connectivity index (χ3n) is 4.62. The van der Waals surface area contributed by atoms with Crippen molar-refractivity contribution in [3.8, 4) is 0 Å². The summed E-state index contributed by atoms with van der Waals surface area (Å²) in [5.41, 5.74) is 1.64. The molecule has 4 rings (SSSR count). The van der Waals surface area contributed by atoms with Gasteiger partial charge in [-0.1, -0.05) is 60.7 Å². The quantitative estimate of drug-likeness (QED) is 0.409. The molecule has 4 aromatic carbocycles. The van der Waals surface area contributed by atoms with Gasteiger partial charge in [0, 0.05) is 11.4 Å². The van der Waals surface area contributed by atoms with Crippen molar-refractivity contribution >= 4 is 40.5 Å². The fraction of sp³-hybridized carbons (Fsp3) is 0.0909. The van der Waals surface area contributed by atoms with E-state index in [1.807, 2.05) is 74.8 Å². The fourth-order valence-electron chi connectivity index (χ4n) is 3.10. The average Bonchev–Trinajstić information content (AvgIpc) is 2.67. The summed E-state index contributed by atoms with van der Waals surface area (Å²) in [6.45, 7) is 0. The van der Waals surface area contributed by atoms with Crippen LogP contribution in [-0.2, 0) is 4.57 Å². The molecule has 0 spiro atoms. The van der Waals surface area contributed by atoms with Gasteiger partial charge in [-0.15, -0.1) is 0 Å². The van der Waals surface area contributed by atoms with Gasteiger partial charge in [-0.3, -0.25) is 4.57 Å². The van der Waals surface area contributed by atoms with Gasteiger partial charge >= 0.3 is 7.59 Å². The van der Waals surface area contributed by atoms with Crippen molar-refractivity contribution in [2.45, 2.75) is 0 Å². The second-order valence-electron chi connectivity index (χ2n) is 6.77. The molecule has 0 aromatic heterocycles. The standard InChI is InChI=1S/C22H22N3OP/c1-25(2)27(26,23-21-13-11-17-7-3-5-9-19(17)15-21)24-22-14-12-18-8-4-6-10-20(18)16-22/h3-16H,1-2H3,(H2,23,24,26). The summed E-state index contributed by atoms with van der Waals surface area (Å²) in [7, 11) is 0.559. The predicted molar refractivity (Wildman–Crippen MR) is 116 cm³/mol. The van der Waals surface area contributed by atoms with Gasteiger partial charge in [0.2, 0.25) is 0 Å². The van der Waals surface area contributed by atoms with Crippen LogP contribution in [0.1, 0.15) is 0 Å². The second-order valence-corrected chi connectivity index (χ2v) is 9.17. The van der Waals surface area contributed by atoms with Crippen molar-refractivity contribution in [2.75, 3.05) is 24.3 Å². The summed E-state index contributed by atoms with van der Waals surface area (Å²) < 4.78 is 15.3. The third-order valence-corrected chi connectivity index (χ3v) is 6.87. The van der Waals surface area contributed by atoms with Crippen LogP contribution in [-0.4, -0.2) is 18.8 Å². The lowest BCUT2D eigenvalue weighted by Crippen LogP contribution is -2.20. The van der Waals surface area contributed by atoms with Crippen LogP contribution < -0.4 is 10.2 Å². The fourth-order valence-corrected chi connectivity index (χ4v) is 4.53. The Morgan fingerprint density at radius 1 is 0.630 bits per heavy atom. The zero-order valence-corrected chi connectivity index (χ0v) is 16.3. The second kappa shape index (κ2) is 7.07. The smallest absolute Gasteiger partial charge is 0.308 e. The van der Waals surface area contributed by atoms with Crippen molar-refractivity contribution < 1.29 is 4.57 Å². The zero-order chi connectivity index (χ0) is 18.9. The topological polar surface area (TPSA) is 44.4 Å². The van der Waals surface area contributed by atoms with Gasteiger partial charge in [-0.2, -0.15) is 0 Å². The van der Waals surface area contributed by atoms with Crippen LogP contribution in [0.4, 0.5) is 11.4 Å². The summed E-state index contributed by atoms with van der Waals surface area (Å²) in [5.74, 6) is 0. The van der Waals surface area contributed by atoms with Crippen LogP contribution in [0, 0.1) is 0 Å². The first-order valence-electron chi connectivity index (χ1n) is 8.85. The molecule has 0 aliphatic rings. The molecule has 4 aromatic rings. The van der Waals surface area contributed by atoms with Gasteiger partial charge in [-0.25, -0.2) is 4.67 Å². The van der Waals surface area contributed by atoms with Crippen LogP contribution in [0.3, 0.4) is 0 Å². The molecule has 0 amide bonds. The van der Waals surface area contributed by atoms with E-state index in [4.69, 9.17) is 0 Å². The Labute approximate surface area is 159 Å². The highest BCUT2D eigenvalue weighted by atomic mass is 31.2. The normalized spacial score (nSPS) is 11.8. The summed E-state index contributed by atoms with van der Waals surface area (Å²) in [4.78, 5) is 0. The zero-order valence-electron chi connectivity index (χ0n) is 15.4. The van der Waals surface area contributed by atoms with E-state index >= 15 is 0 Å². The molecule has 4 nitrogen and oxygen atoms in total. The van der Waals surface area contributed by atoms with E-state index in [0.717, 1.165) is 32.9 Å². The van der Waals surface area contributed by atoms with Crippen molar-refractivity contribution in [3.05, 3.63) is 84.9 Å². The van der Waals surface area contributed by atoms with Crippen molar-refractivity contribution in [3.63, 3.8) is 0 Å². The molecule has 136 valence electrons. The van der Waals surface area contributed by atoms with Gasteiger partial charge in [0.25, 0.3) is 0 Å². The SMILES string of the molecule is CN(C)P(=O)(Nc1ccc2ccccc2c1)Nc1ccc2ccccc2c1. The number of benzene rings is 4. The van der Waals surface area contributed by atoms with E-state index in [1.165, 1.54) is 0 Å². The molecule has 0 aliphatic carbocycles. The molecule has 0 aliphatic heterocycles. The number of nitrogens with zero attached hydrogens (tertiary/aromatic N) is 1. The van der Waals surface area contributed by atoms with E-state index in [2.05, 4.69) is 34.4 Å². The minimum Gasteiger partial charge on any atom is -0.308 e. The van der Waals surface area contributed by atoms with Crippen molar-refractivity contribution in [2.24, 2.45) is 0 Å². The highest BCUT2D eigenvalue weighted by molar-refractivity contribution is 7.64. The summed E-state index contributed by atoms with van der Waals surface area (Å²) >= 11 is 0. The Kier molecular flexibility index (Phi) is 4.61. The maximum atomic E-state index is 13.6. The molecule has 0 radical (unpaired) electrons. The van der Waals surface area contributed by atoms with E-state index in [0.29, 0.717) is 0 Å². The van der Waals surface area contributed by atoms with Crippen LogP contribution in [0.25, 0.3) is 21.5 Å². The molecule has 0 atom stereocenters. The molecular weight excluding hydrogens is 353 g/mol. The number of anilines is 2. The summed E-state index contributed by atoms with van der Waals surface area (Å²) in [6, 6.07) is 28.3.